The lowest BCUT2D eigenvalue weighted by atomic mass is 10.0. The van der Waals surface area contributed by atoms with E-state index in [1.54, 1.807) is 13.0 Å². The normalized spacial score (nSPS) is 11.8. The number of halogens is 4. The number of aromatic nitrogens is 2. The monoisotopic (exact) mass is 582 g/mol. The Bertz CT molecular complexity index is 1490. The highest BCUT2D eigenvalue weighted by molar-refractivity contribution is 6.16. The quantitative estimate of drug-likeness (QED) is 0.0816. The second kappa shape index (κ2) is 14.4. The number of nitrogen functional groups attached to an aromatic ring is 1. The van der Waals surface area contributed by atoms with Crippen LogP contribution in [-0.4, -0.2) is 27.6 Å². The molecule has 222 valence electrons. The molecule has 0 aliphatic heterocycles. The summed E-state index contributed by atoms with van der Waals surface area (Å²) in [6.07, 6.45) is 2.75. The number of carbonyl (C=O) groups is 1. The van der Waals surface area contributed by atoms with Crippen molar-refractivity contribution in [2.75, 3.05) is 16.4 Å². The van der Waals surface area contributed by atoms with Crippen LogP contribution < -0.4 is 16.4 Å². The van der Waals surface area contributed by atoms with Crippen LogP contribution in [0.3, 0.4) is 0 Å². The minimum Gasteiger partial charge on any atom is -0.383 e. The van der Waals surface area contributed by atoms with E-state index >= 15 is 0 Å². The summed E-state index contributed by atoms with van der Waals surface area (Å²) in [7, 11) is 0. The number of hydrogen-bond acceptors (Lipinski definition) is 6. The second-order valence-corrected chi connectivity index (χ2v) is 9.91. The molecule has 0 spiro atoms. The Kier molecular flexibility index (Phi) is 11.0. The van der Waals surface area contributed by atoms with Crippen molar-refractivity contribution in [1.82, 2.24) is 9.97 Å². The van der Waals surface area contributed by atoms with Crippen molar-refractivity contribution < 1.29 is 22.4 Å². The van der Waals surface area contributed by atoms with Gasteiger partial charge in [0.2, 0.25) is 0 Å². The number of unbranched alkanes of at least 4 members (excludes halogenated alkanes) is 2. The molecule has 1 amide bonds. The molecule has 0 fully saturated rings. The van der Waals surface area contributed by atoms with E-state index in [1.807, 2.05) is 0 Å². The molecule has 7 nitrogen and oxygen atoms in total. The van der Waals surface area contributed by atoms with Gasteiger partial charge in [-0.2, -0.15) is 13.2 Å². The number of alkyl halides is 3. The van der Waals surface area contributed by atoms with Gasteiger partial charge in [0.1, 0.15) is 29.5 Å². The first-order chi connectivity index (χ1) is 19.9. The summed E-state index contributed by atoms with van der Waals surface area (Å²) in [5, 5.41) is 14.5. The Morgan fingerprint density at radius 3 is 2.52 bits per heavy atom. The number of rotatable bonds is 11. The summed E-state index contributed by atoms with van der Waals surface area (Å²) in [5.74, 6) is 4.08. The number of amides is 1. The van der Waals surface area contributed by atoms with Crippen LogP contribution in [0.5, 0.6) is 0 Å². The Hall–Kier alpha value is -4.46. The zero-order chi connectivity index (χ0) is 30.9. The molecule has 1 aromatic heterocycles. The highest BCUT2D eigenvalue weighted by atomic mass is 19.4. The molecule has 2 aromatic carbocycles. The summed E-state index contributed by atoms with van der Waals surface area (Å²) >= 11 is 0. The first kappa shape index (κ1) is 32.1. The average Bonchev–Trinajstić information content (AvgIpc) is 2.93. The molecule has 0 saturated carbocycles. The van der Waals surface area contributed by atoms with E-state index in [0.29, 0.717) is 35.1 Å². The third-order valence-corrected chi connectivity index (χ3v) is 6.62. The van der Waals surface area contributed by atoms with Crippen LogP contribution in [0.15, 0.2) is 42.7 Å². The second-order valence-electron chi connectivity index (χ2n) is 9.91. The van der Waals surface area contributed by atoms with Crippen LogP contribution >= 0.6 is 0 Å². The minimum absolute atomic E-state index is 0.108. The Balaban J connectivity index is 1.84. The molecule has 3 aromatic rings. The zero-order valence-electron chi connectivity index (χ0n) is 23.8. The van der Waals surface area contributed by atoms with Crippen LogP contribution in [0.25, 0.3) is 0 Å². The van der Waals surface area contributed by atoms with Gasteiger partial charge in [0, 0.05) is 17.3 Å². The van der Waals surface area contributed by atoms with Gasteiger partial charge in [-0.25, -0.2) is 14.4 Å². The van der Waals surface area contributed by atoms with Crippen molar-refractivity contribution in [2.45, 2.75) is 71.5 Å². The summed E-state index contributed by atoms with van der Waals surface area (Å²) in [4.78, 5) is 21.0. The van der Waals surface area contributed by atoms with E-state index in [-0.39, 0.29) is 28.8 Å². The number of nitrogens with two attached hydrogens (primary N) is 1. The summed E-state index contributed by atoms with van der Waals surface area (Å²) < 4.78 is 53.4. The molecule has 0 aliphatic rings. The van der Waals surface area contributed by atoms with Crippen LogP contribution in [0.2, 0.25) is 0 Å². The molecule has 0 saturated heterocycles. The van der Waals surface area contributed by atoms with Gasteiger partial charge >= 0.3 is 6.18 Å². The smallest absolute Gasteiger partial charge is 0.383 e. The maximum atomic E-state index is 14.2. The molecule has 3 rings (SSSR count). The molecule has 1 atom stereocenters. The molecule has 0 radical (unpaired) electrons. The van der Waals surface area contributed by atoms with E-state index in [4.69, 9.17) is 11.1 Å². The van der Waals surface area contributed by atoms with E-state index in [0.717, 1.165) is 38.5 Å². The molecular weight excluding hydrogens is 548 g/mol. The van der Waals surface area contributed by atoms with E-state index < -0.39 is 29.0 Å². The molecule has 1 heterocycles. The van der Waals surface area contributed by atoms with Gasteiger partial charge < -0.3 is 16.4 Å². The maximum absolute atomic E-state index is 14.2. The van der Waals surface area contributed by atoms with Crippen molar-refractivity contribution in [1.29, 1.82) is 5.41 Å². The Morgan fingerprint density at radius 2 is 1.83 bits per heavy atom. The van der Waals surface area contributed by atoms with Crippen molar-refractivity contribution in [3.63, 3.8) is 0 Å². The SMILES string of the molecule is CCCCCC(CCC)Nc1ncnc(N)c1C(=N)C#Cc1cc(NC(=O)c2cc(C(F)(F)F)ccc2F)ccc1C. The number of nitrogens with one attached hydrogen (secondary N) is 3. The zero-order valence-corrected chi connectivity index (χ0v) is 23.8. The largest absolute Gasteiger partial charge is 0.416 e. The summed E-state index contributed by atoms with van der Waals surface area (Å²) in [6.45, 7) is 6.02. The number of hydrogen-bond donors (Lipinski definition) is 4. The highest BCUT2D eigenvalue weighted by Gasteiger charge is 2.32. The van der Waals surface area contributed by atoms with E-state index in [2.05, 4.69) is 46.3 Å². The van der Waals surface area contributed by atoms with E-state index in [9.17, 15) is 22.4 Å². The van der Waals surface area contributed by atoms with Gasteiger partial charge in [-0.3, -0.25) is 10.2 Å². The van der Waals surface area contributed by atoms with E-state index in [1.165, 1.54) is 18.5 Å². The Morgan fingerprint density at radius 1 is 1.07 bits per heavy atom. The third-order valence-electron chi connectivity index (χ3n) is 6.62. The lowest BCUT2D eigenvalue weighted by molar-refractivity contribution is -0.137. The molecule has 0 aliphatic carbocycles. The number of anilines is 3. The van der Waals surface area contributed by atoms with Crippen LogP contribution in [0.4, 0.5) is 34.9 Å². The fourth-order valence-electron chi connectivity index (χ4n) is 4.33. The first-order valence-corrected chi connectivity index (χ1v) is 13.7. The maximum Gasteiger partial charge on any atom is 0.416 e. The fourth-order valence-corrected chi connectivity index (χ4v) is 4.33. The summed E-state index contributed by atoms with van der Waals surface area (Å²) in [6, 6.07) is 6.45. The standard InChI is InChI=1S/C31H34F4N6O/c1-4-6-7-9-22(8-5-2)40-29-27(28(37)38-18-39-29)26(36)15-11-20-16-23(13-10-19(20)3)41-30(42)24-17-21(31(33,34)35)12-14-25(24)32/h10,12-14,16-18,22,36H,4-9H2,1-3H3,(H,41,42)(H3,37,38,39,40). The van der Waals surface area contributed by atoms with Gasteiger partial charge in [0.05, 0.1) is 16.7 Å². The topological polar surface area (TPSA) is 117 Å². The fraction of sp³-hybridized carbons (Fsp3) is 0.355. The van der Waals surface area contributed by atoms with Gasteiger partial charge in [-0.1, -0.05) is 51.5 Å². The van der Waals surface area contributed by atoms with Crippen molar-refractivity contribution >= 4 is 28.9 Å². The van der Waals surface area contributed by atoms with Crippen LogP contribution in [0, 0.1) is 30.0 Å². The minimum atomic E-state index is -4.73. The highest BCUT2D eigenvalue weighted by Crippen LogP contribution is 2.30. The molecule has 1 unspecified atom stereocenters. The number of carbonyl (C=O) groups excluding carboxylic acids is 1. The molecule has 11 heteroatoms. The predicted molar refractivity (Wildman–Crippen MR) is 157 cm³/mol. The number of aryl methyl sites for hydroxylation is 1. The van der Waals surface area contributed by atoms with Gasteiger partial charge in [0.15, 0.2) is 0 Å². The number of benzene rings is 2. The molecule has 42 heavy (non-hydrogen) atoms. The predicted octanol–water partition coefficient (Wildman–Crippen LogP) is 7.36. The molecule has 0 bridgehead atoms. The molecular formula is C31H34F4N6O. The lowest BCUT2D eigenvalue weighted by Crippen LogP contribution is -2.22. The lowest BCUT2D eigenvalue weighted by Gasteiger charge is -2.20. The van der Waals surface area contributed by atoms with Crippen molar-refractivity contribution in [3.05, 3.63) is 76.4 Å². The molecule has 5 N–H and O–H groups in total. The van der Waals surface area contributed by atoms with Gasteiger partial charge in [-0.05, 0) is 61.6 Å². The first-order valence-electron chi connectivity index (χ1n) is 13.7. The van der Waals surface area contributed by atoms with Crippen molar-refractivity contribution in [3.8, 4) is 11.8 Å². The Labute approximate surface area is 242 Å². The van der Waals surface area contributed by atoms with Crippen molar-refractivity contribution in [2.24, 2.45) is 0 Å². The third kappa shape index (κ3) is 8.52. The number of nitrogens with zero attached hydrogens (tertiary/aromatic N) is 2. The van der Waals surface area contributed by atoms with Gasteiger partial charge in [-0.15, -0.1) is 0 Å². The van der Waals surface area contributed by atoms with Gasteiger partial charge in [0.25, 0.3) is 5.91 Å². The average molecular weight is 583 g/mol. The van der Waals surface area contributed by atoms with Crippen LogP contribution in [0.1, 0.15) is 85.0 Å². The van der Waals surface area contributed by atoms with Crippen LogP contribution in [-0.2, 0) is 6.18 Å². The summed E-state index contributed by atoms with van der Waals surface area (Å²) in [5.41, 5.74) is 5.77.